The fourth-order valence-electron chi connectivity index (χ4n) is 2.10. The number of aromatic nitrogens is 1. The third kappa shape index (κ3) is 1.97. The molecule has 0 unspecified atom stereocenters. The monoisotopic (exact) mass is 275 g/mol. The van der Waals surface area contributed by atoms with Gasteiger partial charge in [-0.15, -0.1) is 0 Å². The zero-order valence-electron chi connectivity index (χ0n) is 10.1. The largest absolute Gasteiger partial charge is 0.360 e. The van der Waals surface area contributed by atoms with E-state index in [4.69, 9.17) is 0 Å². The predicted molar refractivity (Wildman–Crippen MR) is 68.0 cm³/mol. The average Bonchev–Trinajstić information content (AvgIpc) is 2.80. The maximum absolute atomic E-state index is 13.6. The first kappa shape index (κ1) is 12.5. The summed E-state index contributed by atoms with van der Waals surface area (Å²) in [5, 5.41) is 0.486. The van der Waals surface area contributed by atoms with Crippen molar-refractivity contribution in [3.63, 3.8) is 0 Å². The standard InChI is InChI=1S/C15H8F3NO/c16-8-2-4-11(13(18)5-8)15(20)12-7-19-14-6-9(17)1-3-10(12)14/h1-7,19H. The van der Waals surface area contributed by atoms with Crippen LogP contribution in [0.1, 0.15) is 15.9 Å². The van der Waals surface area contributed by atoms with Gasteiger partial charge in [-0.2, -0.15) is 0 Å². The van der Waals surface area contributed by atoms with Crippen LogP contribution in [0.2, 0.25) is 0 Å². The van der Waals surface area contributed by atoms with Gasteiger partial charge in [-0.3, -0.25) is 4.79 Å². The lowest BCUT2D eigenvalue weighted by molar-refractivity contribution is 0.103. The highest BCUT2D eigenvalue weighted by Gasteiger charge is 2.18. The van der Waals surface area contributed by atoms with Crippen molar-refractivity contribution in [1.29, 1.82) is 0 Å². The van der Waals surface area contributed by atoms with E-state index in [1.807, 2.05) is 0 Å². The number of H-pyrrole nitrogens is 1. The van der Waals surface area contributed by atoms with Gasteiger partial charge in [0.2, 0.25) is 0 Å². The molecular weight excluding hydrogens is 267 g/mol. The van der Waals surface area contributed by atoms with E-state index in [9.17, 15) is 18.0 Å². The number of benzene rings is 2. The van der Waals surface area contributed by atoms with Crippen molar-refractivity contribution in [3.8, 4) is 0 Å². The van der Waals surface area contributed by atoms with Crippen molar-refractivity contribution in [2.24, 2.45) is 0 Å². The minimum atomic E-state index is -0.925. The van der Waals surface area contributed by atoms with E-state index >= 15 is 0 Å². The zero-order chi connectivity index (χ0) is 14.3. The normalized spacial score (nSPS) is 10.9. The molecule has 0 atom stereocenters. The molecule has 20 heavy (non-hydrogen) atoms. The zero-order valence-corrected chi connectivity index (χ0v) is 10.1. The van der Waals surface area contributed by atoms with E-state index in [2.05, 4.69) is 4.98 Å². The molecule has 2 nitrogen and oxygen atoms in total. The lowest BCUT2D eigenvalue weighted by atomic mass is 10.0. The van der Waals surface area contributed by atoms with Crippen molar-refractivity contribution in [2.75, 3.05) is 0 Å². The van der Waals surface area contributed by atoms with Crippen molar-refractivity contribution < 1.29 is 18.0 Å². The molecule has 0 fully saturated rings. The van der Waals surface area contributed by atoms with Crippen LogP contribution >= 0.6 is 0 Å². The second-order valence-electron chi connectivity index (χ2n) is 4.35. The maximum Gasteiger partial charge on any atom is 0.198 e. The summed E-state index contributed by atoms with van der Waals surface area (Å²) in [6.45, 7) is 0. The molecule has 1 aromatic heterocycles. The quantitative estimate of drug-likeness (QED) is 0.709. The van der Waals surface area contributed by atoms with Gasteiger partial charge in [-0.25, -0.2) is 13.2 Å². The molecule has 0 bridgehead atoms. The van der Waals surface area contributed by atoms with Crippen molar-refractivity contribution >= 4 is 16.7 Å². The maximum atomic E-state index is 13.6. The number of halogens is 3. The lowest BCUT2D eigenvalue weighted by Crippen LogP contribution is -2.04. The molecule has 0 aliphatic carbocycles. The van der Waals surface area contributed by atoms with E-state index in [-0.39, 0.29) is 11.1 Å². The fourth-order valence-corrected chi connectivity index (χ4v) is 2.10. The lowest BCUT2D eigenvalue weighted by Gasteiger charge is -2.02. The molecule has 5 heteroatoms. The molecule has 2 aromatic carbocycles. The van der Waals surface area contributed by atoms with Crippen molar-refractivity contribution in [3.05, 3.63) is 71.2 Å². The second-order valence-corrected chi connectivity index (χ2v) is 4.35. The van der Waals surface area contributed by atoms with Gasteiger partial charge in [-0.05, 0) is 30.3 Å². The summed E-state index contributed by atoms with van der Waals surface area (Å²) >= 11 is 0. The molecule has 0 radical (unpaired) electrons. The van der Waals surface area contributed by atoms with Gasteiger partial charge in [0.05, 0.1) is 5.56 Å². The number of aromatic amines is 1. The van der Waals surface area contributed by atoms with E-state index in [1.54, 1.807) is 0 Å². The Morgan fingerprint density at radius 2 is 1.60 bits per heavy atom. The molecule has 1 N–H and O–H groups in total. The Bertz CT molecular complexity index is 823. The minimum Gasteiger partial charge on any atom is -0.360 e. The smallest absolute Gasteiger partial charge is 0.198 e. The highest BCUT2D eigenvalue weighted by Crippen LogP contribution is 2.23. The Balaban J connectivity index is 2.13. The third-order valence-electron chi connectivity index (χ3n) is 3.06. The first-order chi connectivity index (χ1) is 9.56. The molecule has 3 rings (SSSR count). The van der Waals surface area contributed by atoms with Crippen LogP contribution in [0.25, 0.3) is 10.9 Å². The Labute approximate surface area is 111 Å². The van der Waals surface area contributed by atoms with Crippen LogP contribution < -0.4 is 0 Å². The molecule has 0 amide bonds. The van der Waals surface area contributed by atoms with Gasteiger partial charge in [-0.1, -0.05) is 0 Å². The highest BCUT2D eigenvalue weighted by atomic mass is 19.1. The van der Waals surface area contributed by atoms with Crippen LogP contribution in [0.3, 0.4) is 0 Å². The molecule has 3 aromatic rings. The number of rotatable bonds is 2. The summed E-state index contributed by atoms with van der Waals surface area (Å²) in [6.07, 6.45) is 1.38. The Morgan fingerprint density at radius 1 is 0.900 bits per heavy atom. The minimum absolute atomic E-state index is 0.213. The molecule has 1 heterocycles. The summed E-state index contributed by atoms with van der Waals surface area (Å²) in [5.74, 6) is -2.70. The SMILES string of the molecule is O=C(c1ccc(F)cc1F)c1c[nH]c2cc(F)ccc12. The number of hydrogen-bond acceptors (Lipinski definition) is 1. The van der Waals surface area contributed by atoms with Crippen LogP contribution in [0.5, 0.6) is 0 Å². The third-order valence-corrected chi connectivity index (χ3v) is 3.06. The molecule has 0 aliphatic rings. The topological polar surface area (TPSA) is 32.9 Å². The van der Waals surface area contributed by atoms with E-state index in [1.165, 1.54) is 24.4 Å². The number of carbonyl (C=O) groups excluding carboxylic acids is 1. The van der Waals surface area contributed by atoms with Crippen LogP contribution in [0.15, 0.2) is 42.6 Å². The summed E-state index contributed by atoms with van der Waals surface area (Å²) in [7, 11) is 0. The molecule has 0 saturated heterocycles. The van der Waals surface area contributed by atoms with Gasteiger partial charge in [0.15, 0.2) is 5.78 Å². The van der Waals surface area contributed by atoms with E-state index < -0.39 is 23.2 Å². The predicted octanol–water partition coefficient (Wildman–Crippen LogP) is 3.82. The second kappa shape index (κ2) is 4.52. The van der Waals surface area contributed by atoms with Gasteiger partial charge >= 0.3 is 0 Å². The van der Waals surface area contributed by atoms with Crippen molar-refractivity contribution in [2.45, 2.75) is 0 Å². The molecule has 0 aliphatic heterocycles. The van der Waals surface area contributed by atoms with Crippen LogP contribution in [-0.2, 0) is 0 Å². The number of fused-ring (bicyclic) bond motifs is 1. The summed E-state index contributed by atoms with van der Waals surface area (Å²) in [4.78, 5) is 15.0. The van der Waals surface area contributed by atoms with Crippen molar-refractivity contribution in [1.82, 2.24) is 4.98 Å². The molecule has 100 valence electrons. The fraction of sp³-hybridized carbons (Fsp3) is 0. The van der Waals surface area contributed by atoms with Gasteiger partial charge < -0.3 is 4.98 Å². The van der Waals surface area contributed by atoms with E-state index in [0.29, 0.717) is 17.0 Å². The summed E-state index contributed by atoms with van der Waals surface area (Å²) in [6, 6.07) is 6.67. The highest BCUT2D eigenvalue weighted by molar-refractivity contribution is 6.16. The number of nitrogens with one attached hydrogen (secondary N) is 1. The molecule has 0 saturated carbocycles. The van der Waals surface area contributed by atoms with Crippen LogP contribution in [0, 0.1) is 17.5 Å². The first-order valence-electron chi connectivity index (χ1n) is 5.82. The number of ketones is 1. The summed E-state index contributed by atoms with van der Waals surface area (Å²) in [5.41, 5.74) is 0.429. The van der Waals surface area contributed by atoms with E-state index in [0.717, 1.165) is 12.1 Å². The number of carbonyl (C=O) groups is 1. The Hall–Kier alpha value is -2.56. The summed E-state index contributed by atoms with van der Waals surface area (Å²) < 4.78 is 39.5. The Morgan fingerprint density at radius 3 is 2.35 bits per heavy atom. The van der Waals surface area contributed by atoms with Crippen LogP contribution in [-0.4, -0.2) is 10.8 Å². The first-order valence-corrected chi connectivity index (χ1v) is 5.82. The Kier molecular flexibility index (Phi) is 2.82. The van der Waals surface area contributed by atoms with Gasteiger partial charge in [0.25, 0.3) is 0 Å². The molecule has 0 spiro atoms. The van der Waals surface area contributed by atoms with Gasteiger partial charge in [0, 0.05) is 28.7 Å². The van der Waals surface area contributed by atoms with Gasteiger partial charge in [0.1, 0.15) is 17.5 Å². The molecular formula is C15H8F3NO. The average molecular weight is 275 g/mol. The van der Waals surface area contributed by atoms with Crippen LogP contribution in [0.4, 0.5) is 13.2 Å². The number of hydrogen-bond donors (Lipinski definition) is 1.